The van der Waals surface area contributed by atoms with Gasteiger partial charge in [0.25, 0.3) is 0 Å². The number of nitrogens with one attached hydrogen (secondary N) is 1. The van der Waals surface area contributed by atoms with Crippen molar-refractivity contribution in [1.82, 2.24) is 5.32 Å². The molecule has 0 aromatic heterocycles. The van der Waals surface area contributed by atoms with Crippen LogP contribution in [0.1, 0.15) is 6.42 Å². The van der Waals surface area contributed by atoms with Crippen molar-refractivity contribution in [2.75, 3.05) is 25.1 Å². The van der Waals surface area contributed by atoms with E-state index in [9.17, 15) is 13.5 Å². The average molecular weight is 179 g/mol. The summed E-state index contributed by atoms with van der Waals surface area (Å²) in [7, 11) is -2.92. The van der Waals surface area contributed by atoms with E-state index in [4.69, 9.17) is 0 Å². The first-order chi connectivity index (χ1) is 4.91. The molecule has 1 aliphatic heterocycles. The van der Waals surface area contributed by atoms with Gasteiger partial charge in [0.1, 0.15) is 9.84 Å². The third kappa shape index (κ3) is 2.76. The van der Waals surface area contributed by atoms with Gasteiger partial charge in [-0.3, -0.25) is 0 Å². The van der Waals surface area contributed by atoms with Gasteiger partial charge in [-0.2, -0.15) is 0 Å². The van der Waals surface area contributed by atoms with E-state index < -0.39 is 15.4 Å². The number of aliphatic hydroxyl groups is 1. The molecule has 0 amide bonds. The summed E-state index contributed by atoms with van der Waals surface area (Å²) in [6.45, 7) is 1.03. The van der Waals surface area contributed by atoms with Crippen molar-refractivity contribution in [2.45, 2.75) is 12.0 Å². The zero-order valence-electron chi connectivity index (χ0n) is 6.50. The highest BCUT2D eigenvalue weighted by Gasteiger charge is 2.34. The molecular weight excluding hydrogens is 166 g/mol. The van der Waals surface area contributed by atoms with Crippen molar-refractivity contribution in [1.29, 1.82) is 0 Å². The molecule has 1 fully saturated rings. The van der Waals surface area contributed by atoms with Gasteiger partial charge >= 0.3 is 0 Å². The van der Waals surface area contributed by atoms with Crippen molar-refractivity contribution in [3.8, 4) is 0 Å². The van der Waals surface area contributed by atoms with Gasteiger partial charge in [0, 0.05) is 19.3 Å². The number of rotatable bonds is 3. The Balaban J connectivity index is 2.33. The number of hydrogen-bond acceptors (Lipinski definition) is 4. The first-order valence-corrected chi connectivity index (χ1v) is 5.58. The average Bonchev–Trinajstić information content (AvgIpc) is 1.77. The van der Waals surface area contributed by atoms with Crippen molar-refractivity contribution < 1.29 is 13.5 Å². The Bertz CT molecular complexity index is 230. The van der Waals surface area contributed by atoms with Crippen LogP contribution in [0.4, 0.5) is 0 Å². The SMILES string of the molecule is CS(=O)(=O)CCC1(O)CNC1. The molecule has 0 aromatic carbocycles. The Kier molecular flexibility index (Phi) is 2.22. The van der Waals surface area contributed by atoms with E-state index >= 15 is 0 Å². The number of β-amino-alcohol motifs (C(OH)–C–C–N with tert-alkyl or cyclic N) is 1. The molecule has 0 aromatic rings. The summed E-state index contributed by atoms with van der Waals surface area (Å²) in [4.78, 5) is 0. The Labute approximate surface area is 66.5 Å². The van der Waals surface area contributed by atoms with Crippen LogP contribution in [0.3, 0.4) is 0 Å². The minimum atomic E-state index is -2.92. The fourth-order valence-corrected chi connectivity index (χ4v) is 1.72. The van der Waals surface area contributed by atoms with Gasteiger partial charge in [0.15, 0.2) is 0 Å². The summed E-state index contributed by atoms with van der Waals surface area (Å²) in [5.41, 5.74) is -0.761. The van der Waals surface area contributed by atoms with E-state index in [1.807, 2.05) is 0 Å². The molecule has 2 N–H and O–H groups in total. The van der Waals surface area contributed by atoms with Crippen molar-refractivity contribution in [2.24, 2.45) is 0 Å². The largest absolute Gasteiger partial charge is 0.387 e. The van der Waals surface area contributed by atoms with Crippen molar-refractivity contribution in [3.63, 3.8) is 0 Å². The summed E-state index contributed by atoms with van der Waals surface area (Å²) in [5, 5.41) is 12.3. The van der Waals surface area contributed by atoms with E-state index in [-0.39, 0.29) is 5.75 Å². The Morgan fingerprint density at radius 3 is 2.36 bits per heavy atom. The van der Waals surface area contributed by atoms with Gasteiger partial charge in [-0.25, -0.2) is 8.42 Å². The van der Waals surface area contributed by atoms with Gasteiger partial charge in [-0.15, -0.1) is 0 Å². The predicted molar refractivity (Wildman–Crippen MR) is 42.1 cm³/mol. The molecule has 0 saturated carbocycles. The quantitative estimate of drug-likeness (QED) is 0.568. The molecule has 4 nitrogen and oxygen atoms in total. The normalized spacial score (nSPS) is 22.7. The first-order valence-electron chi connectivity index (χ1n) is 3.52. The molecule has 0 spiro atoms. The number of sulfone groups is 1. The predicted octanol–water partition coefficient (Wildman–Crippen LogP) is -1.24. The van der Waals surface area contributed by atoms with Crippen LogP contribution in [-0.2, 0) is 9.84 Å². The summed E-state index contributed by atoms with van der Waals surface area (Å²) in [5.74, 6) is 0.0746. The number of hydrogen-bond donors (Lipinski definition) is 2. The molecule has 11 heavy (non-hydrogen) atoms. The van der Waals surface area contributed by atoms with Crippen LogP contribution >= 0.6 is 0 Å². The lowest BCUT2D eigenvalue weighted by atomic mass is 9.94. The minimum Gasteiger partial charge on any atom is -0.387 e. The lowest BCUT2D eigenvalue weighted by molar-refractivity contribution is -0.0120. The topological polar surface area (TPSA) is 66.4 Å². The van der Waals surface area contributed by atoms with Crippen LogP contribution in [0.2, 0.25) is 0 Å². The molecule has 5 heteroatoms. The third-order valence-electron chi connectivity index (χ3n) is 1.85. The maximum absolute atomic E-state index is 10.7. The maximum atomic E-state index is 10.7. The summed E-state index contributed by atoms with van der Waals surface area (Å²) in [6.07, 6.45) is 1.53. The van der Waals surface area contributed by atoms with E-state index in [2.05, 4.69) is 5.32 Å². The molecule has 1 rings (SSSR count). The van der Waals surface area contributed by atoms with Gasteiger partial charge < -0.3 is 10.4 Å². The van der Waals surface area contributed by atoms with Crippen LogP contribution < -0.4 is 5.32 Å². The molecule has 1 saturated heterocycles. The molecule has 0 radical (unpaired) electrons. The molecule has 1 aliphatic rings. The lowest BCUT2D eigenvalue weighted by Crippen LogP contribution is -2.59. The first kappa shape index (κ1) is 8.96. The smallest absolute Gasteiger partial charge is 0.147 e. The second-order valence-electron chi connectivity index (χ2n) is 3.21. The highest BCUT2D eigenvalue weighted by Crippen LogP contribution is 2.15. The van der Waals surface area contributed by atoms with Crippen LogP contribution in [0, 0.1) is 0 Å². The molecule has 0 unspecified atom stereocenters. The monoisotopic (exact) mass is 179 g/mol. The molecule has 66 valence electrons. The second kappa shape index (κ2) is 2.73. The van der Waals surface area contributed by atoms with Crippen LogP contribution in [-0.4, -0.2) is 44.2 Å². The van der Waals surface area contributed by atoms with Crippen molar-refractivity contribution >= 4 is 9.84 Å². The third-order valence-corrected chi connectivity index (χ3v) is 2.79. The standard InChI is InChI=1S/C6H13NO3S/c1-11(9,10)3-2-6(8)4-7-5-6/h7-8H,2-5H2,1H3. The zero-order chi connectivity index (χ0) is 8.54. The fraction of sp³-hybridized carbons (Fsp3) is 1.00. The van der Waals surface area contributed by atoms with Crippen LogP contribution in [0.15, 0.2) is 0 Å². The highest BCUT2D eigenvalue weighted by molar-refractivity contribution is 7.90. The molecule has 0 bridgehead atoms. The Morgan fingerprint density at radius 2 is 2.09 bits per heavy atom. The summed E-state index contributed by atoms with van der Waals surface area (Å²) < 4.78 is 21.4. The van der Waals surface area contributed by atoms with Crippen molar-refractivity contribution in [3.05, 3.63) is 0 Å². The Hall–Kier alpha value is -0.130. The fourth-order valence-electron chi connectivity index (χ4n) is 0.966. The maximum Gasteiger partial charge on any atom is 0.147 e. The van der Waals surface area contributed by atoms with Crippen LogP contribution in [0.25, 0.3) is 0 Å². The summed E-state index contributed by atoms with van der Waals surface area (Å²) >= 11 is 0. The van der Waals surface area contributed by atoms with E-state index in [0.29, 0.717) is 19.5 Å². The van der Waals surface area contributed by atoms with E-state index in [0.717, 1.165) is 0 Å². The highest BCUT2D eigenvalue weighted by atomic mass is 32.2. The van der Waals surface area contributed by atoms with Crippen LogP contribution in [0.5, 0.6) is 0 Å². The van der Waals surface area contributed by atoms with Gasteiger partial charge in [-0.1, -0.05) is 0 Å². The molecule has 0 aliphatic carbocycles. The summed E-state index contributed by atoms with van der Waals surface area (Å²) in [6, 6.07) is 0. The van der Waals surface area contributed by atoms with E-state index in [1.54, 1.807) is 0 Å². The Morgan fingerprint density at radius 1 is 1.55 bits per heavy atom. The second-order valence-corrected chi connectivity index (χ2v) is 5.47. The zero-order valence-corrected chi connectivity index (χ0v) is 7.32. The minimum absolute atomic E-state index is 0.0746. The molecule has 0 atom stereocenters. The molecule has 1 heterocycles. The van der Waals surface area contributed by atoms with Gasteiger partial charge in [0.05, 0.1) is 11.4 Å². The van der Waals surface area contributed by atoms with Gasteiger partial charge in [-0.05, 0) is 6.42 Å². The van der Waals surface area contributed by atoms with Gasteiger partial charge in [0.2, 0.25) is 0 Å². The lowest BCUT2D eigenvalue weighted by Gasteiger charge is -2.37. The van der Waals surface area contributed by atoms with E-state index in [1.165, 1.54) is 6.26 Å². The molecular formula is C6H13NO3S.